The van der Waals surface area contributed by atoms with Gasteiger partial charge < -0.3 is 148 Å². The van der Waals surface area contributed by atoms with Crippen LogP contribution in [-0.4, -0.2) is 318 Å². The van der Waals surface area contributed by atoms with E-state index in [9.17, 15) is 131 Å². The predicted molar refractivity (Wildman–Crippen MR) is 471 cm³/mol. The number of aromatic nitrogens is 1. The summed E-state index contributed by atoms with van der Waals surface area (Å²) in [4.78, 5) is 307. The molecule has 1 aromatic heterocycles. The summed E-state index contributed by atoms with van der Waals surface area (Å²) in [7, 11) is 0. The van der Waals surface area contributed by atoms with Gasteiger partial charge in [-0.2, -0.15) is 0 Å². The number of amides is 18. The molecule has 3 aliphatic rings. The summed E-state index contributed by atoms with van der Waals surface area (Å²) in [5.41, 5.74) is 18.1. The molecule has 0 saturated carbocycles. The molecule has 0 spiro atoms. The summed E-state index contributed by atoms with van der Waals surface area (Å²) in [5.74, 6) is -25.9. The number of nitrogens with one attached hydrogen (secondary N) is 18. The first-order valence-electron chi connectivity index (χ1n) is 43.9. The van der Waals surface area contributed by atoms with Crippen molar-refractivity contribution in [3.05, 3.63) is 65.9 Å². The molecule has 0 radical (unpaired) electrons. The molecule has 135 heavy (non-hydrogen) atoms. The average molecular weight is 1900 g/mol. The zero-order valence-electron chi connectivity index (χ0n) is 74.7. The average Bonchev–Trinajstić information content (AvgIpc) is 1.70. The lowest BCUT2D eigenvalue weighted by Gasteiger charge is -2.32. The number of carbonyl (C=O) groups is 22. The van der Waals surface area contributed by atoms with E-state index in [0.717, 1.165) is 18.7 Å². The van der Waals surface area contributed by atoms with Crippen molar-refractivity contribution in [3.8, 4) is 5.75 Å². The van der Waals surface area contributed by atoms with Gasteiger partial charge in [0.2, 0.25) is 106 Å². The van der Waals surface area contributed by atoms with E-state index in [2.05, 4.69) is 90.1 Å². The minimum absolute atomic E-state index is 0.00489. The van der Waals surface area contributed by atoms with Crippen molar-refractivity contribution < 1.29 is 136 Å². The zero-order valence-corrected chi connectivity index (χ0v) is 74.7. The maximum Gasteiger partial charge on any atom is 0.326 e. The van der Waals surface area contributed by atoms with Gasteiger partial charge in [-0.05, 0) is 147 Å². The molecule has 740 valence electrons. The number of unbranched alkanes of at least 4 members (excludes halogenated alkanes) is 1. The molecule has 0 unspecified atom stereocenters. The Morgan fingerprint density at radius 1 is 0.467 bits per heavy atom. The molecule has 3 fully saturated rings. The van der Waals surface area contributed by atoms with Gasteiger partial charge in [-0.1, -0.05) is 30.3 Å². The van der Waals surface area contributed by atoms with E-state index in [1.165, 1.54) is 36.1 Å². The topological polar surface area (TPSA) is 814 Å². The lowest BCUT2D eigenvalue weighted by molar-refractivity contribution is -0.145. The highest BCUT2D eigenvalue weighted by atomic mass is 16.4. The van der Waals surface area contributed by atoms with Gasteiger partial charge in [-0.25, -0.2) is 4.79 Å². The third-order valence-corrected chi connectivity index (χ3v) is 22.2. The van der Waals surface area contributed by atoms with E-state index < -0.39 is 317 Å². The number of carbonyl (C=O) groups excluding carboxylic acids is 18. The SMILES string of the molecule is C[C@@H]1NC(=O)CNC(=O)[C@H](CCC(=O)O)NC(=O)[C@@H]2CCCN2C(=O)[C@H]([C@@H](C)O)NC(=O)[C@H](CCC(=O)O)NC(=O)[C@H](CCCNC(=N)N)NC(=O)[C@H](CCC(N)=O)NC(=O)CNC(=O)CCNC(=O)CC[C@@H](C(=O)O)NC(=O)[C@H](Cc2ccc(O)cc2)NC(=O)[C@H](Cc2c[nH]c3ccccc23)NC(=O)[C@@H]2CCCN2C(=O)[C@H](CCCCN)NC(=O)[C@H](C)NC(=O)[C@H](CCC(=O)O)NC1=O. The fourth-order valence-electron chi connectivity index (χ4n) is 14.8. The number of guanidine groups is 1. The van der Waals surface area contributed by atoms with Crippen molar-refractivity contribution in [2.24, 2.45) is 17.2 Å². The number of aliphatic carboxylic acids is 4. The molecule has 15 atom stereocenters. The predicted octanol–water partition coefficient (Wildman–Crippen LogP) is -8.25. The maximum absolute atomic E-state index is 15.1. The van der Waals surface area contributed by atoms with E-state index in [1.807, 2.05) is 0 Å². The summed E-state index contributed by atoms with van der Waals surface area (Å²) in [6.45, 7) is 0.735. The summed E-state index contributed by atoms with van der Waals surface area (Å²) in [5, 5.41) is 107. The van der Waals surface area contributed by atoms with E-state index in [0.29, 0.717) is 28.5 Å². The summed E-state index contributed by atoms with van der Waals surface area (Å²) in [6, 6.07) is -11.3. The van der Waals surface area contributed by atoms with Crippen molar-refractivity contribution in [2.45, 2.75) is 253 Å². The number of carboxylic acid groups (broad SMARTS) is 4. The molecule has 6 rings (SSSR count). The van der Waals surface area contributed by atoms with Crippen LogP contribution in [-0.2, 0) is 118 Å². The fraction of sp³-hybridized carbons (Fsp3) is 0.560. The largest absolute Gasteiger partial charge is 0.508 e. The number of benzene rings is 2. The van der Waals surface area contributed by atoms with Crippen molar-refractivity contribution in [2.75, 3.05) is 45.8 Å². The third-order valence-electron chi connectivity index (χ3n) is 22.2. The molecular weight excluding hydrogens is 1780 g/mol. The Kier molecular flexibility index (Phi) is 43.9. The number of phenols is 1. The van der Waals surface area contributed by atoms with E-state index >= 15 is 4.79 Å². The molecule has 3 aromatic rings. The number of aromatic amines is 1. The number of fused-ring (bicyclic) bond motifs is 3. The quantitative estimate of drug-likeness (QED) is 0.0202. The summed E-state index contributed by atoms with van der Waals surface area (Å²) >= 11 is 0. The summed E-state index contributed by atoms with van der Waals surface area (Å²) < 4.78 is 0. The standard InChI is InChI=1S/C84H121N23O28/c1-42-70(121)97-53(24-29-67(117)118)73(124)95-43(2)71(122)101-55(13-6-7-32-85)81(132)106-35-9-15-59(106)80(131)104-58(38-46-39-91-49-12-5-4-11-48(46)49)78(129)103-57(37-45-17-19-47(109)20-18-45)77(128)102-56(83(134)135)22-27-62(111)89-34-31-63(112)92-40-65(114)96-52(21-26-61(86)110)75(126)98-50(14-8-33-90-84(87)88)74(125)99-54(25-30-68(119)120)76(127)105-69(44(3)108)82(133)107-36-10-16-60(107)79(130)100-51(23-28-66(115)116)72(123)93-41-64(113)94-42/h4-5,11-12,17-20,39,42-44,50-60,69,91,108-109H,6-10,13-16,21-38,40-41,85H2,1-3H3,(H2,86,110)(H,89,111)(H,92,112)(H,93,123)(H,94,113)(H,95,124)(H,96,114)(H,97,121)(H,98,126)(H,99,125)(H,100,130)(H,101,122)(H,102,128)(H,103,129)(H,104,131)(H,105,127)(H,115,116)(H,117,118)(H,119,120)(H,134,135)(H4,87,88,90)/t42-,43-,44+,50-,51-,52-,53-,54-,55-,56-,57-,58-,59-,60-,69-/m0/s1. The number of nitrogens with two attached hydrogens (primary N) is 3. The second-order valence-electron chi connectivity index (χ2n) is 32.7. The van der Waals surface area contributed by atoms with Crippen LogP contribution in [0.25, 0.3) is 10.9 Å². The second-order valence-corrected chi connectivity index (χ2v) is 32.7. The van der Waals surface area contributed by atoms with Crippen LogP contribution >= 0.6 is 0 Å². The van der Waals surface area contributed by atoms with Gasteiger partial charge >= 0.3 is 23.9 Å². The number of primary amides is 1. The number of rotatable bonds is 26. The molecule has 51 nitrogen and oxygen atoms in total. The van der Waals surface area contributed by atoms with Crippen LogP contribution in [0.2, 0.25) is 0 Å². The van der Waals surface area contributed by atoms with Crippen LogP contribution in [0.5, 0.6) is 5.75 Å². The van der Waals surface area contributed by atoms with Gasteiger partial charge in [0.15, 0.2) is 5.96 Å². The van der Waals surface area contributed by atoms with E-state index in [1.54, 1.807) is 30.5 Å². The maximum atomic E-state index is 15.1. The fourth-order valence-corrected chi connectivity index (χ4v) is 14.8. The number of para-hydroxylation sites is 1. The Bertz CT molecular complexity index is 4800. The van der Waals surface area contributed by atoms with Crippen LogP contribution in [0, 0.1) is 5.41 Å². The monoisotopic (exact) mass is 1900 g/mol. The van der Waals surface area contributed by atoms with Gasteiger partial charge in [-0.15, -0.1) is 0 Å². The van der Waals surface area contributed by atoms with Gasteiger partial charge in [0, 0.05) is 94.6 Å². The highest BCUT2D eigenvalue weighted by molar-refractivity contribution is 6.02. The van der Waals surface area contributed by atoms with E-state index in [-0.39, 0.29) is 96.1 Å². The number of aromatic hydroxyl groups is 1. The number of nitrogens with zero attached hydrogens (tertiary/aromatic N) is 2. The van der Waals surface area contributed by atoms with Crippen LogP contribution in [0.1, 0.15) is 160 Å². The van der Waals surface area contributed by atoms with Crippen molar-refractivity contribution in [1.29, 1.82) is 5.41 Å². The third kappa shape index (κ3) is 36.4. The number of carboxylic acids is 4. The van der Waals surface area contributed by atoms with Crippen molar-refractivity contribution in [3.63, 3.8) is 0 Å². The zero-order chi connectivity index (χ0) is 99.9. The van der Waals surface area contributed by atoms with Crippen LogP contribution in [0.15, 0.2) is 54.7 Å². The number of aliphatic hydroxyl groups is 1. The number of phenolic OH excluding ortho intramolecular Hbond substituents is 1. The Morgan fingerprint density at radius 3 is 1.50 bits per heavy atom. The van der Waals surface area contributed by atoms with Gasteiger partial charge in [0.05, 0.1) is 19.2 Å². The first-order chi connectivity index (χ1) is 63.9. The molecule has 0 aliphatic carbocycles. The molecule has 4 heterocycles. The molecule has 3 aliphatic heterocycles. The molecule has 2 aromatic carbocycles. The highest BCUT2D eigenvalue weighted by Gasteiger charge is 2.44. The number of aliphatic hydroxyl groups excluding tert-OH is 1. The number of hydrogen-bond donors (Lipinski definition) is 27. The normalized spacial score (nSPS) is 24.8. The molecule has 18 amide bonds. The molecule has 3 saturated heterocycles. The van der Waals surface area contributed by atoms with Crippen molar-refractivity contribution >= 4 is 147 Å². The minimum Gasteiger partial charge on any atom is -0.508 e. The van der Waals surface area contributed by atoms with Gasteiger partial charge in [0.1, 0.15) is 90.3 Å². The molecule has 51 heteroatoms. The lowest BCUT2D eigenvalue weighted by Crippen LogP contribution is -2.61. The Hall–Kier alpha value is -14.7. The van der Waals surface area contributed by atoms with Crippen LogP contribution < -0.4 is 102 Å². The first kappa shape index (κ1) is 109. The number of hydrogen-bond acceptors (Lipinski definition) is 26. The summed E-state index contributed by atoms with van der Waals surface area (Å²) in [6.07, 6.45) is -8.11. The second kappa shape index (κ2) is 54.3. The highest BCUT2D eigenvalue weighted by Crippen LogP contribution is 2.25. The van der Waals surface area contributed by atoms with Gasteiger partial charge in [-0.3, -0.25) is 106 Å². The van der Waals surface area contributed by atoms with Crippen LogP contribution in [0.3, 0.4) is 0 Å². The molecule has 30 N–H and O–H groups in total. The number of H-pyrrole nitrogens is 1. The smallest absolute Gasteiger partial charge is 0.326 e. The molecular formula is C84H121N23O28. The van der Waals surface area contributed by atoms with Gasteiger partial charge in [0.25, 0.3) is 0 Å². The van der Waals surface area contributed by atoms with E-state index in [4.69, 9.17) is 22.6 Å². The Balaban J connectivity index is 1.32. The lowest BCUT2D eigenvalue weighted by atomic mass is 10.0. The molecule has 0 bridgehead atoms. The Labute approximate surface area is 772 Å². The minimum atomic E-state index is -2.01. The first-order valence-corrected chi connectivity index (χ1v) is 43.9. The van der Waals surface area contributed by atoms with Crippen LogP contribution in [0.4, 0.5) is 0 Å². The Morgan fingerprint density at radius 2 is 0.926 bits per heavy atom. The van der Waals surface area contributed by atoms with Crippen molar-refractivity contribution in [1.82, 2.24) is 99.9 Å².